The van der Waals surface area contributed by atoms with Crippen molar-refractivity contribution in [1.29, 1.82) is 0 Å². The Balaban J connectivity index is 2.23. The number of carbonyl (C=O) groups is 1. The van der Waals surface area contributed by atoms with E-state index in [1.165, 1.54) is 0 Å². The summed E-state index contributed by atoms with van der Waals surface area (Å²) >= 11 is 0. The summed E-state index contributed by atoms with van der Waals surface area (Å²) in [7, 11) is -3.80. The van der Waals surface area contributed by atoms with Crippen LogP contribution in [0, 0.1) is 6.92 Å². The highest BCUT2D eigenvalue weighted by Gasteiger charge is 2.65. The molecule has 1 heterocycles. The van der Waals surface area contributed by atoms with Gasteiger partial charge in [0.15, 0.2) is 15.4 Å². The van der Waals surface area contributed by atoms with Gasteiger partial charge in [-0.25, -0.2) is 8.42 Å². The van der Waals surface area contributed by atoms with Crippen LogP contribution in [0.1, 0.15) is 37.8 Å². The SMILES string of the molecule is CCC1(c2ccccc2)OC(=O)CC1(C)S(=O)(=O)c1ccc(C)cc1. The molecule has 0 N–H and O–H groups in total. The topological polar surface area (TPSA) is 60.4 Å². The largest absolute Gasteiger partial charge is 0.452 e. The van der Waals surface area contributed by atoms with Crippen molar-refractivity contribution in [2.75, 3.05) is 0 Å². The molecule has 0 bridgehead atoms. The van der Waals surface area contributed by atoms with Crippen LogP contribution in [-0.2, 0) is 25.0 Å². The second-order valence-electron chi connectivity index (χ2n) is 6.74. The van der Waals surface area contributed by atoms with E-state index in [2.05, 4.69) is 0 Å². The minimum atomic E-state index is -3.80. The molecule has 0 aliphatic carbocycles. The number of esters is 1. The lowest BCUT2D eigenvalue weighted by Gasteiger charge is -2.40. The molecule has 1 aliphatic rings. The van der Waals surface area contributed by atoms with Gasteiger partial charge in [-0.15, -0.1) is 0 Å². The van der Waals surface area contributed by atoms with Gasteiger partial charge in [-0.2, -0.15) is 0 Å². The zero-order chi connectivity index (χ0) is 18.3. The third-order valence-corrected chi connectivity index (χ3v) is 7.84. The summed E-state index contributed by atoms with van der Waals surface area (Å²) in [5, 5.41) is 0. The van der Waals surface area contributed by atoms with Crippen molar-refractivity contribution < 1.29 is 17.9 Å². The number of aryl methyl sites for hydroxylation is 1. The summed E-state index contributed by atoms with van der Waals surface area (Å²) in [6, 6.07) is 15.9. The number of hydrogen-bond acceptors (Lipinski definition) is 4. The molecule has 5 heteroatoms. The second kappa shape index (κ2) is 5.99. The van der Waals surface area contributed by atoms with Crippen molar-refractivity contribution in [3.8, 4) is 0 Å². The molecule has 0 amide bonds. The quantitative estimate of drug-likeness (QED) is 0.781. The van der Waals surface area contributed by atoms with Crippen LogP contribution in [0.3, 0.4) is 0 Å². The predicted molar refractivity (Wildman–Crippen MR) is 95.9 cm³/mol. The van der Waals surface area contributed by atoms with Crippen molar-refractivity contribution >= 4 is 15.8 Å². The Hall–Kier alpha value is -2.14. The Kier molecular flexibility index (Phi) is 4.23. The summed E-state index contributed by atoms with van der Waals surface area (Å²) in [6.07, 6.45) is 0.219. The molecular weight excluding hydrogens is 336 g/mol. The van der Waals surface area contributed by atoms with E-state index in [9.17, 15) is 13.2 Å². The lowest BCUT2D eigenvalue weighted by molar-refractivity contribution is -0.150. The molecule has 4 nitrogen and oxygen atoms in total. The number of benzene rings is 2. The van der Waals surface area contributed by atoms with E-state index >= 15 is 0 Å². The highest BCUT2D eigenvalue weighted by atomic mass is 32.2. The Morgan fingerprint density at radius 1 is 1.04 bits per heavy atom. The maximum absolute atomic E-state index is 13.5. The molecule has 2 atom stereocenters. The van der Waals surface area contributed by atoms with Crippen LogP contribution in [0.5, 0.6) is 0 Å². The monoisotopic (exact) mass is 358 g/mol. The fourth-order valence-corrected chi connectivity index (χ4v) is 5.83. The molecular formula is C20H22O4S. The highest BCUT2D eigenvalue weighted by molar-refractivity contribution is 7.93. The molecule has 2 aromatic rings. The Labute approximate surface area is 148 Å². The summed E-state index contributed by atoms with van der Waals surface area (Å²) in [5.74, 6) is -0.483. The molecule has 0 radical (unpaired) electrons. The molecule has 2 aromatic carbocycles. The summed E-state index contributed by atoms with van der Waals surface area (Å²) < 4.78 is 31.4. The lowest BCUT2D eigenvalue weighted by atomic mass is 9.79. The van der Waals surface area contributed by atoms with Crippen molar-refractivity contribution in [1.82, 2.24) is 0 Å². The zero-order valence-electron chi connectivity index (χ0n) is 14.7. The van der Waals surface area contributed by atoms with Gasteiger partial charge in [0, 0.05) is 0 Å². The molecule has 1 aliphatic heterocycles. The van der Waals surface area contributed by atoms with Gasteiger partial charge < -0.3 is 4.74 Å². The molecule has 132 valence electrons. The average molecular weight is 358 g/mol. The smallest absolute Gasteiger partial charge is 0.308 e. The molecule has 2 unspecified atom stereocenters. The van der Waals surface area contributed by atoms with Crippen molar-refractivity contribution in [3.63, 3.8) is 0 Å². The highest BCUT2D eigenvalue weighted by Crippen LogP contribution is 2.53. The van der Waals surface area contributed by atoms with Crippen LogP contribution < -0.4 is 0 Å². The van der Waals surface area contributed by atoms with Crippen molar-refractivity contribution in [2.24, 2.45) is 0 Å². The Bertz CT molecular complexity index is 887. The van der Waals surface area contributed by atoms with E-state index in [4.69, 9.17) is 4.74 Å². The molecule has 1 saturated heterocycles. The van der Waals surface area contributed by atoms with Crippen LogP contribution in [0.2, 0.25) is 0 Å². The molecule has 1 fully saturated rings. The summed E-state index contributed by atoms with van der Waals surface area (Å²) in [4.78, 5) is 12.5. The van der Waals surface area contributed by atoms with Gasteiger partial charge in [-0.05, 0) is 38.0 Å². The van der Waals surface area contributed by atoms with E-state index in [1.807, 2.05) is 44.2 Å². The van der Waals surface area contributed by atoms with Gasteiger partial charge in [0.05, 0.1) is 11.3 Å². The van der Waals surface area contributed by atoms with E-state index < -0.39 is 26.2 Å². The van der Waals surface area contributed by atoms with Crippen LogP contribution >= 0.6 is 0 Å². The lowest BCUT2D eigenvalue weighted by Crippen LogP contribution is -2.51. The van der Waals surface area contributed by atoms with Crippen LogP contribution in [-0.4, -0.2) is 19.1 Å². The molecule has 0 spiro atoms. The maximum Gasteiger partial charge on any atom is 0.308 e. The van der Waals surface area contributed by atoms with E-state index in [1.54, 1.807) is 31.2 Å². The number of hydrogen-bond donors (Lipinski definition) is 0. The van der Waals surface area contributed by atoms with E-state index in [0.717, 1.165) is 5.56 Å². The van der Waals surface area contributed by atoms with E-state index in [0.29, 0.717) is 12.0 Å². The number of sulfone groups is 1. The fourth-order valence-electron chi connectivity index (χ4n) is 3.77. The van der Waals surface area contributed by atoms with Gasteiger partial charge in [-0.3, -0.25) is 4.79 Å². The fraction of sp³-hybridized carbons (Fsp3) is 0.350. The Morgan fingerprint density at radius 3 is 2.20 bits per heavy atom. The van der Waals surface area contributed by atoms with Crippen molar-refractivity contribution in [3.05, 3.63) is 65.7 Å². The number of cyclic esters (lactones) is 1. The van der Waals surface area contributed by atoms with Gasteiger partial charge in [0.25, 0.3) is 0 Å². The number of carbonyl (C=O) groups excluding carboxylic acids is 1. The Morgan fingerprint density at radius 2 is 1.64 bits per heavy atom. The molecule has 3 rings (SSSR count). The summed E-state index contributed by atoms with van der Waals surface area (Å²) in [6.45, 7) is 5.39. The minimum Gasteiger partial charge on any atom is -0.452 e. The van der Waals surface area contributed by atoms with Gasteiger partial charge >= 0.3 is 5.97 Å². The number of ether oxygens (including phenoxy) is 1. The standard InChI is InChI=1S/C20H22O4S/c1-4-20(16-8-6-5-7-9-16)19(3,14-18(21)24-20)25(22,23)17-12-10-15(2)11-13-17/h5-13H,4,14H2,1-3H3. The normalized spacial score (nSPS) is 26.4. The average Bonchev–Trinajstić information content (AvgIpc) is 2.88. The first-order valence-corrected chi connectivity index (χ1v) is 9.84. The minimum absolute atomic E-state index is 0.161. The van der Waals surface area contributed by atoms with Crippen LogP contribution in [0.25, 0.3) is 0 Å². The van der Waals surface area contributed by atoms with Gasteiger partial charge in [0.2, 0.25) is 0 Å². The van der Waals surface area contributed by atoms with Crippen LogP contribution in [0.15, 0.2) is 59.5 Å². The zero-order valence-corrected chi connectivity index (χ0v) is 15.5. The second-order valence-corrected chi connectivity index (χ2v) is 9.12. The number of rotatable bonds is 4. The summed E-state index contributed by atoms with van der Waals surface area (Å²) in [5.41, 5.74) is 0.490. The third kappa shape index (κ3) is 2.49. The van der Waals surface area contributed by atoms with Crippen LogP contribution in [0.4, 0.5) is 0 Å². The maximum atomic E-state index is 13.5. The van der Waals surface area contributed by atoms with Gasteiger partial charge in [0.1, 0.15) is 4.75 Å². The first-order valence-electron chi connectivity index (χ1n) is 8.35. The first-order chi connectivity index (χ1) is 11.8. The first kappa shape index (κ1) is 17.7. The molecule has 0 saturated carbocycles. The molecule has 25 heavy (non-hydrogen) atoms. The predicted octanol–water partition coefficient (Wildman–Crippen LogP) is 3.78. The van der Waals surface area contributed by atoms with Gasteiger partial charge in [-0.1, -0.05) is 55.0 Å². The van der Waals surface area contributed by atoms with E-state index in [-0.39, 0.29) is 11.3 Å². The van der Waals surface area contributed by atoms with Crippen molar-refractivity contribution in [2.45, 2.75) is 48.9 Å². The molecule has 0 aromatic heterocycles. The third-order valence-electron chi connectivity index (χ3n) is 5.29.